The maximum Gasteiger partial charge on any atom is 0.134 e. The first kappa shape index (κ1) is 13.0. The number of furan rings is 1. The molecule has 3 heteroatoms. The third-order valence-electron chi connectivity index (χ3n) is 4.21. The molecule has 19 heavy (non-hydrogen) atoms. The summed E-state index contributed by atoms with van der Waals surface area (Å²) < 4.78 is 5.76. The van der Waals surface area contributed by atoms with Crippen LogP contribution in [0.15, 0.2) is 28.7 Å². The van der Waals surface area contributed by atoms with E-state index in [4.69, 9.17) is 16.0 Å². The zero-order valence-corrected chi connectivity index (χ0v) is 11.9. The van der Waals surface area contributed by atoms with Gasteiger partial charge in [0.25, 0.3) is 0 Å². The highest BCUT2D eigenvalue weighted by Gasteiger charge is 2.28. The third-order valence-corrected chi connectivity index (χ3v) is 4.45. The topological polar surface area (TPSA) is 33.4 Å². The number of rotatable bonds is 2. The summed E-state index contributed by atoms with van der Waals surface area (Å²) >= 11 is 5.97. The van der Waals surface area contributed by atoms with Crippen molar-refractivity contribution in [2.75, 3.05) is 0 Å². The maximum atomic E-state index is 10.5. The Hall–Kier alpha value is -0.990. The lowest BCUT2D eigenvalue weighted by molar-refractivity contribution is 0.0551. The van der Waals surface area contributed by atoms with Crippen molar-refractivity contribution in [1.29, 1.82) is 0 Å². The Balaban J connectivity index is 1.86. The van der Waals surface area contributed by atoms with Gasteiger partial charge in [-0.25, -0.2) is 0 Å². The molecule has 102 valence electrons. The van der Waals surface area contributed by atoms with Crippen molar-refractivity contribution in [3.05, 3.63) is 35.0 Å². The van der Waals surface area contributed by atoms with Crippen LogP contribution in [0.3, 0.4) is 0 Å². The molecule has 3 rings (SSSR count). The summed E-state index contributed by atoms with van der Waals surface area (Å²) in [5.41, 5.74) is 0.794. The van der Waals surface area contributed by atoms with Crippen molar-refractivity contribution in [1.82, 2.24) is 0 Å². The number of benzene rings is 1. The van der Waals surface area contributed by atoms with Gasteiger partial charge in [0.1, 0.15) is 17.4 Å². The SMILES string of the molecule is CC1CCCC(C(O)c2cc3cc(Cl)ccc3o2)C1. The average Bonchev–Trinajstić information content (AvgIpc) is 2.80. The van der Waals surface area contributed by atoms with E-state index in [1.54, 1.807) is 0 Å². The normalized spacial score (nSPS) is 25.6. The lowest BCUT2D eigenvalue weighted by Gasteiger charge is -2.29. The second-order valence-electron chi connectivity index (χ2n) is 5.81. The molecule has 1 saturated carbocycles. The van der Waals surface area contributed by atoms with E-state index in [1.807, 2.05) is 24.3 Å². The molecule has 0 spiro atoms. The maximum absolute atomic E-state index is 10.5. The van der Waals surface area contributed by atoms with Gasteiger partial charge in [-0.2, -0.15) is 0 Å². The van der Waals surface area contributed by atoms with Crippen molar-refractivity contribution in [3.8, 4) is 0 Å². The molecule has 2 aromatic rings. The molecule has 0 radical (unpaired) electrons. The second kappa shape index (κ2) is 5.18. The molecule has 1 fully saturated rings. The molecule has 2 nitrogen and oxygen atoms in total. The van der Waals surface area contributed by atoms with Crippen LogP contribution in [0.4, 0.5) is 0 Å². The fourth-order valence-electron chi connectivity index (χ4n) is 3.18. The first-order valence-electron chi connectivity index (χ1n) is 7.00. The van der Waals surface area contributed by atoms with Crippen LogP contribution in [0.1, 0.15) is 44.5 Å². The van der Waals surface area contributed by atoms with Crippen molar-refractivity contribution in [2.45, 2.75) is 38.7 Å². The highest BCUT2D eigenvalue weighted by molar-refractivity contribution is 6.31. The largest absolute Gasteiger partial charge is 0.458 e. The third kappa shape index (κ3) is 2.65. The Kier molecular flexibility index (Phi) is 3.55. The molecule has 0 bridgehead atoms. The Labute approximate surface area is 118 Å². The van der Waals surface area contributed by atoms with Gasteiger partial charge in [0, 0.05) is 10.4 Å². The Morgan fingerprint density at radius 3 is 2.95 bits per heavy atom. The van der Waals surface area contributed by atoms with E-state index in [-0.39, 0.29) is 0 Å². The molecule has 1 aromatic carbocycles. The highest BCUT2D eigenvalue weighted by atomic mass is 35.5. The molecular formula is C16H19ClO2. The number of aliphatic hydroxyl groups is 1. The minimum Gasteiger partial charge on any atom is -0.458 e. The molecular weight excluding hydrogens is 260 g/mol. The fourth-order valence-corrected chi connectivity index (χ4v) is 3.36. The number of halogens is 1. The predicted octanol–water partition coefficient (Wildman–Crippen LogP) is 4.95. The Morgan fingerprint density at radius 2 is 2.16 bits per heavy atom. The summed E-state index contributed by atoms with van der Waals surface area (Å²) in [5, 5.41) is 12.2. The molecule has 1 heterocycles. The van der Waals surface area contributed by atoms with Crippen LogP contribution >= 0.6 is 11.6 Å². The van der Waals surface area contributed by atoms with Gasteiger partial charge in [0.05, 0.1) is 0 Å². The van der Waals surface area contributed by atoms with Crippen LogP contribution in [-0.2, 0) is 0 Å². The van der Waals surface area contributed by atoms with Gasteiger partial charge in [-0.05, 0) is 48.9 Å². The van der Waals surface area contributed by atoms with Crippen LogP contribution in [0.5, 0.6) is 0 Å². The van der Waals surface area contributed by atoms with Crippen molar-refractivity contribution in [2.24, 2.45) is 11.8 Å². The molecule has 1 aliphatic carbocycles. The van der Waals surface area contributed by atoms with Gasteiger partial charge in [0.2, 0.25) is 0 Å². The fraction of sp³-hybridized carbons (Fsp3) is 0.500. The summed E-state index contributed by atoms with van der Waals surface area (Å²) in [4.78, 5) is 0. The molecule has 3 unspecified atom stereocenters. The van der Waals surface area contributed by atoms with Gasteiger partial charge in [-0.1, -0.05) is 31.4 Å². The predicted molar refractivity (Wildman–Crippen MR) is 77.3 cm³/mol. The summed E-state index contributed by atoms with van der Waals surface area (Å²) in [6.45, 7) is 2.26. The second-order valence-corrected chi connectivity index (χ2v) is 6.24. The minimum absolute atomic E-state index is 0.319. The van der Waals surface area contributed by atoms with Gasteiger partial charge >= 0.3 is 0 Å². The van der Waals surface area contributed by atoms with Crippen molar-refractivity contribution < 1.29 is 9.52 Å². The quantitative estimate of drug-likeness (QED) is 0.843. The molecule has 1 aromatic heterocycles. The van der Waals surface area contributed by atoms with E-state index in [9.17, 15) is 5.11 Å². The number of hydrogen-bond acceptors (Lipinski definition) is 2. The molecule has 0 saturated heterocycles. The lowest BCUT2D eigenvalue weighted by atomic mass is 9.79. The van der Waals surface area contributed by atoms with Gasteiger partial charge in [0.15, 0.2) is 0 Å². The van der Waals surface area contributed by atoms with Crippen LogP contribution in [0.2, 0.25) is 5.02 Å². The first-order valence-corrected chi connectivity index (χ1v) is 7.38. The minimum atomic E-state index is -0.492. The van der Waals surface area contributed by atoms with Crippen LogP contribution in [0.25, 0.3) is 11.0 Å². The van der Waals surface area contributed by atoms with Crippen molar-refractivity contribution >= 4 is 22.6 Å². The average molecular weight is 279 g/mol. The van der Waals surface area contributed by atoms with E-state index >= 15 is 0 Å². The molecule has 3 atom stereocenters. The van der Waals surface area contributed by atoms with E-state index in [2.05, 4.69) is 6.92 Å². The molecule has 1 N–H and O–H groups in total. The standard InChI is InChI=1S/C16H19ClO2/c1-10-3-2-4-11(7-10)16(18)15-9-12-8-13(17)5-6-14(12)19-15/h5-6,8-11,16,18H,2-4,7H2,1H3. The van der Waals surface area contributed by atoms with E-state index in [1.165, 1.54) is 12.8 Å². The Bertz CT molecular complexity index is 575. The first-order chi connectivity index (χ1) is 9.13. The van der Waals surface area contributed by atoms with Crippen LogP contribution < -0.4 is 0 Å². The Morgan fingerprint density at radius 1 is 1.32 bits per heavy atom. The van der Waals surface area contributed by atoms with Crippen LogP contribution in [-0.4, -0.2) is 5.11 Å². The monoisotopic (exact) mass is 278 g/mol. The smallest absolute Gasteiger partial charge is 0.134 e. The zero-order valence-electron chi connectivity index (χ0n) is 11.1. The highest BCUT2D eigenvalue weighted by Crippen LogP contribution is 2.38. The van der Waals surface area contributed by atoms with E-state index < -0.39 is 6.10 Å². The number of fused-ring (bicyclic) bond motifs is 1. The summed E-state index contributed by atoms with van der Waals surface area (Å²) in [7, 11) is 0. The van der Waals surface area contributed by atoms with Gasteiger partial charge < -0.3 is 9.52 Å². The zero-order chi connectivity index (χ0) is 13.4. The lowest BCUT2D eigenvalue weighted by Crippen LogP contribution is -2.19. The summed E-state index contributed by atoms with van der Waals surface area (Å²) in [6.07, 6.45) is 4.16. The van der Waals surface area contributed by atoms with E-state index in [0.717, 1.165) is 23.8 Å². The van der Waals surface area contributed by atoms with Gasteiger partial charge in [-0.15, -0.1) is 0 Å². The molecule has 1 aliphatic rings. The van der Waals surface area contributed by atoms with Gasteiger partial charge in [-0.3, -0.25) is 0 Å². The molecule has 0 amide bonds. The number of aliphatic hydroxyl groups excluding tert-OH is 1. The summed E-state index contributed by atoms with van der Waals surface area (Å²) in [6, 6.07) is 7.47. The van der Waals surface area contributed by atoms with Crippen molar-refractivity contribution in [3.63, 3.8) is 0 Å². The van der Waals surface area contributed by atoms with Crippen LogP contribution in [0, 0.1) is 11.8 Å². The van der Waals surface area contributed by atoms with E-state index in [0.29, 0.717) is 22.6 Å². The molecule has 0 aliphatic heterocycles. The summed E-state index contributed by atoms with van der Waals surface area (Å²) in [5.74, 6) is 1.70. The number of hydrogen-bond donors (Lipinski definition) is 1.